The molecule has 20 heavy (non-hydrogen) atoms. The molecule has 1 radical (unpaired) electrons. The molecule has 3 nitrogen and oxygen atoms in total. The summed E-state index contributed by atoms with van der Waals surface area (Å²) in [7, 11) is 0. The fraction of sp³-hybridized carbons (Fsp3) is 0. The van der Waals surface area contributed by atoms with Crippen molar-refractivity contribution in [3.63, 3.8) is 0 Å². The summed E-state index contributed by atoms with van der Waals surface area (Å²) < 4.78 is 13.2. The van der Waals surface area contributed by atoms with Crippen LogP contribution in [0.4, 0.5) is 21.5 Å². The Morgan fingerprint density at radius 2 is 1.95 bits per heavy atom. The van der Waals surface area contributed by atoms with Gasteiger partial charge in [0, 0.05) is 16.8 Å². The van der Waals surface area contributed by atoms with Crippen LogP contribution in [-0.4, -0.2) is 5.11 Å². The van der Waals surface area contributed by atoms with E-state index in [1.165, 1.54) is 6.07 Å². The predicted molar refractivity (Wildman–Crippen MR) is 86.0 cm³/mol. The second kappa shape index (κ2) is 6.26. The minimum atomic E-state index is -0.476. The molecule has 0 heterocycles. The second-order valence-corrected chi connectivity index (χ2v) is 5.12. The zero-order valence-electron chi connectivity index (χ0n) is 10.0. The largest absolute Gasteiger partial charge is 0.398 e. The first-order chi connectivity index (χ1) is 9.44. The van der Waals surface area contributed by atoms with E-state index in [1.54, 1.807) is 18.2 Å². The molecule has 0 unspecified atom stereocenters. The molecule has 0 bridgehead atoms. The highest BCUT2D eigenvalue weighted by Crippen LogP contribution is 2.25. The van der Waals surface area contributed by atoms with E-state index in [9.17, 15) is 4.39 Å². The topological polar surface area (TPSA) is 50.1 Å². The molecule has 0 fully saturated rings. The van der Waals surface area contributed by atoms with Crippen molar-refractivity contribution in [3.8, 4) is 0 Å². The van der Waals surface area contributed by atoms with Gasteiger partial charge in [0.15, 0.2) is 5.11 Å². The van der Waals surface area contributed by atoms with E-state index < -0.39 is 5.82 Å². The van der Waals surface area contributed by atoms with Crippen molar-refractivity contribution >= 4 is 57.6 Å². The van der Waals surface area contributed by atoms with E-state index in [2.05, 4.69) is 16.7 Å². The van der Waals surface area contributed by atoms with Crippen LogP contribution in [0.3, 0.4) is 0 Å². The fourth-order valence-corrected chi connectivity index (χ4v) is 2.17. The van der Waals surface area contributed by atoms with Gasteiger partial charge >= 0.3 is 0 Å². The highest BCUT2D eigenvalue weighted by atomic mass is 35.5. The lowest BCUT2D eigenvalue weighted by molar-refractivity contribution is 0.629. The van der Waals surface area contributed by atoms with Crippen molar-refractivity contribution in [1.29, 1.82) is 0 Å². The average Bonchev–Trinajstić information content (AvgIpc) is 2.31. The van der Waals surface area contributed by atoms with Crippen LogP contribution in [0.2, 0.25) is 10.0 Å². The number of nitrogens with two attached hydrogens (primary N) is 1. The Labute approximate surface area is 130 Å². The summed E-state index contributed by atoms with van der Waals surface area (Å²) >= 11 is 16.9. The van der Waals surface area contributed by atoms with Gasteiger partial charge in [-0.05, 0) is 42.5 Å². The molecule has 2 rings (SSSR count). The second-order valence-electron chi connectivity index (χ2n) is 3.87. The molecule has 2 aromatic carbocycles. The van der Waals surface area contributed by atoms with E-state index in [0.29, 0.717) is 21.4 Å². The van der Waals surface area contributed by atoms with E-state index in [-0.39, 0.29) is 10.8 Å². The highest BCUT2D eigenvalue weighted by molar-refractivity contribution is 7.80. The van der Waals surface area contributed by atoms with E-state index in [1.807, 2.05) is 0 Å². The number of thiocarbonyl (C=S) groups is 1. The van der Waals surface area contributed by atoms with Crippen molar-refractivity contribution in [1.82, 2.24) is 0 Å². The molecular formula is C13H9Cl2FN3S. The van der Waals surface area contributed by atoms with Gasteiger partial charge in [-0.1, -0.05) is 23.2 Å². The maximum atomic E-state index is 13.2. The molecule has 0 aliphatic rings. The Bertz CT molecular complexity index is 644. The smallest absolute Gasteiger partial charge is 0.175 e. The van der Waals surface area contributed by atoms with Crippen LogP contribution >= 0.6 is 35.4 Å². The molecule has 0 spiro atoms. The Hall–Kier alpha value is -1.56. The van der Waals surface area contributed by atoms with Gasteiger partial charge in [0.1, 0.15) is 5.82 Å². The Balaban J connectivity index is 2.09. The summed E-state index contributed by atoms with van der Waals surface area (Å²) in [5, 5.41) is 6.81. The standard InChI is InChI=1S/C13H9Cl2FN3S/c14-7-1-2-12(11(15)3-7)19-13(20)18-10-5-8(16)4-9(17)6-10/h1-5H,17H2,(H2,18,19,20). The maximum Gasteiger partial charge on any atom is 0.175 e. The molecule has 0 saturated carbocycles. The van der Waals surface area contributed by atoms with Gasteiger partial charge in [-0.3, -0.25) is 0 Å². The molecule has 0 aliphatic heterocycles. The van der Waals surface area contributed by atoms with Crippen LogP contribution in [0.25, 0.3) is 0 Å². The quantitative estimate of drug-likeness (QED) is 0.567. The van der Waals surface area contributed by atoms with Crippen LogP contribution in [0.5, 0.6) is 0 Å². The number of nitrogens with one attached hydrogen (secondary N) is 2. The number of halogens is 3. The first kappa shape index (κ1) is 14.8. The van der Waals surface area contributed by atoms with Crippen molar-refractivity contribution in [3.05, 3.63) is 52.3 Å². The number of nitrogen functional groups attached to an aromatic ring is 1. The Morgan fingerprint density at radius 1 is 1.20 bits per heavy atom. The Morgan fingerprint density at radius 3 is 2.60 bits per heavy atom. The van der Waals surface area contributed by atoms with Crippen LogP contribution < -0.4 is 16.4 Å². The molecule has 4 N–H and O–H groups in total. The molecular weight excluding hydrogens is 320 g/mol. The van der Waals surface area contributed by atoms with Crippen LogP contribution in [0.1, 0.15) is 0 Å². The normalized spacial score (nSPS) is 10.2. The molecule has 7 heteroatoms. The zero-order valence-corrected chi connectivity index (χ0v) is 12.3. The maximum absolute atomic E-state index is 13.2. The van der Waals surface area contributed by atoms with Crippen LogP contribution in [-0.2, 0) is 0 Å². The lowest BCUT2D eigenvalue weighted by Crippen LogP contribution is -2.19. The minimum Gasteiger partial charge on any atom is -0.398 e. The van der Waals surface area contributed by atoms with Gasteiger partial charge in [-0.2, -0.15) is 0 Å². The molecule has 0 saturated heterocycles. The fourth-order valence-electron chi connectivity index (χ4n) is 1.49. The zero-order chi connectivity index (χ0) is 14.7. The minimum absolute atomic E-state index is 0.180. The van der Waals surface area contributed by atoms with Gasteiger partial charge in [-0.15, -0.1) is 0 Å². The molecule has 0 aliphatic carbocycles. The van der Waals surface area contributed by atoms with Crippen molar-refractivity contribution in [2.75, 3.05) is 16.4 Å². The molecule has 0 aromatic heterocycles. The average molecular weight is 329 g/mol. The van der Waals surface area contributed by atoms with Gasteiger partial charge in [0.05, 0.1) is 16.4 Å². The van der Waals surface area contributed by atoms with Crippen molar-refractivity contribution in [2.45, 2.75) is 0 Å². The lowest BCUT2D eigenvalue weighted by Gasteiger charge is -2.12. The van der Waals surface area contributed by atoms with Gasteiger partial charge in [0.2, 0.25) is 0 Å². The number of hydrogen-bond donors (Lipinski definition) is 3. The van der Waals surface area contributed by atoms with Crippen LogP contribution in [0.15, 0.2) is 30.3 Å². The molecule has 2 aromatic rings. The van der Waals surface area contributed by atoms with E-state index >= 15 is 0 Å². The van der Waals surface area contributed by atoms with Crippen molar-refractivity contribution < 1.29 is 4.39 Å². The Kier molecular flexibility index (Phi) is 4.65. The van der Waals surface area contributed by atoms with Gasteiger partial charge < -0.3 is 16.4 Å². The lowest BCUT2D eigenvalue weighted by atomic mass is 10.3. The summed E-state index contributed by atoms with van der Waals surface area (Å²) in [5.41, 5.74) is 6.58. The summed E-state index contributed by atoms with van der Waals surface area (Å²) in [6.07, 6.45) is 0. The number of hydrogen-bond acceptors (Lipinski definition) is 2. The SMILES string of the molecule is Nc1[c]c(NC(=S)Nc2ccc(Cl)cc2Cl)cc(F)c1. The molecule has 0 amide bonds. The van der Waals surface area contributed by atoms with Crippen LogP contribution in [0, 0.1) is 11.9 Å². The third-order valence-corrected chi connectivity index (χ3v) is 3.03. The molecule has 0 atom stereocenters. The monoisotopic (exact) mass is 328 g/mol. The number of anilines is 3. The summed E-state index contributed by atoms with van der Waals surface area (Å²) in [6, 6.07) is 10.1. The van der Waals surface area contributed by atoms with Crippen molar-refractivity contribution in [2.24, 2.45) is 0 Å². The highest BCUT2D eigenvalue weighted by Gasteiger charge is 2.05. The summed E-state index contributed by atoms with van der Waals surface area (Å²) in [5.74, 6) is -0.476. The van der Waals surface area contributed by atoms with E-state index in [0.717, 1.165) is 6.07 Å². The summed E-state index contributed by atoms with van der Waals surface area (Å²) in [4.78, 5) is 0. The summed E-state index contributed by atoms with van der Waals surface area (Å²) in [6.45, 7) is 0. The van der Waals surface area contributed by atoms with Gasteiger partial charge in [0.25, 0.3) is 0 Å². The molecule has 103 valence electrons. The first-order valence-corrected chi connectivity index (χ1v) is 6.62. The first-order valence-electron chi connectivity index (χ1n) is 5.45. The third kappa shape index (κ3) is 3.96. The van der Waals surface area contributed by atoms with E-state index in [4.69, 9.17) is 41.2 Å². The number of benzene rings is 2. The predicted octanol–water partition coefficient (Wildman–Crippen LogP) is 4.32. The number of rotatable bonds is 2. The third-order valence-electron chi connectivity index (χ3n) is 2.28. The van der Waals surface area contributed by atoms with Gasteiger partial charge in [-0.25, -0.2) is 4.39 Å².